The van der Waals surface area contributed by atoms with Gasteiger partial charge in [0.05, 0.1) is 10.4 Å². The first kappa shape index (κ1) is 16.0. The lowest BCUT2D eigenvalue weighted by Crippen LogP contribution is -2.13. The second kappa shape index (κ2) is 7.57. The molecular weight excluding hydrogens is 324 g/mol. The van der Waals surface area contributed by atoms with E-state index in [9.17, 15) is 9.59 Å². The second-order valence-electron chi connectivity index (χ2n) is 4.92. The summed E-state index contributed by atoms with van der Waals surface area (Å²) in [6, 6.07) is 19.4. The van der Waals surface area contributed by atoms with Crippen LogP contribution in [0, 0.1) is 0 Å². The van der Waals surface area contributed by atoms with Crippen molar-refractivity contribution in [3.63, 3.8) is 0 Å². The summed E-state index contributed by atoms with van der Waals surface area (Å²) < 4.78 is 10.7. The molecule has 0 unspecified atom stereocenters. The number of thiophene rings is 1. The maximum atomic E-state index is 12.0. The van der Waals surface area contributed by atoms with Crippen LogP contribution in [0.2, 0.25) is 0 Å². The minimum absolute atomic E-state index is 0.206. The van der Waals surface area contributed by atoms with Gasteiger partial charge in [0.1, 0.15) is 11.5 Å². The van der Waals surface area contributed by atoms with Crippen LogP contribution in [0.4, 0.5) is 0 Å². The normalized spacial score (nSPS) is 10.2. The number of ketones is 1. The second-order valence-corrected chi connectivity index (χ2v) is 5.86. The number of benzene rings is 2. The molecule has 0 radical (unpaired) electrons. The molecule has 0 aliphatic carbocycles. The third kappa shape index (κ3) is 4.08. The Balaban J connectivity index is 1.57. The fraction of sp³-hybridized carbons (Fsp3) is 0.0526. The van der Waals surface area contributed by atoms with Gasteiger partial charge in [-0.1, -0.05) is 24.3 Å². The molecule has 2 aromatic carbocycles. The number of ether oxygens (including phenoxy) is 2. The SMILES string of the molecule is O=C(OCC(=O)c1cccs1)c1ccc(Oc2ccccc2)cc1. The highest BCUT2D eigenvalue weighted by atomic mass is 32.1. The predicted molar refractivity (Wildman–Crippen MR) is 91.9 cm³/mol. The summed E-state index contributed by atoms with van der Waals surface area (Å²) >= 11 is 1.32. The molecule has 1 aromatic heterocycles. The van der Waals surface area contributed by atoms with Crippen LogP contribution in [0.3, 0.4) is 0 Å². The molecule has 0 bridgehead atoms. The van der Waals surface area contributed by atoms with Crippen molar-refractivity contribution in [2.75, 3.05) is 6.61 Å². The van der Waals surface area contributed by atoms with E-state index >= 15 is 0 Å². The minimum atomic E-state index is -0.536. The Bertz CT molecular complexity index is 808. The number of esters is 1. The average Bonchev–Trinajstić information content (AvgIpc) is 3.16. The van der Waals surface area contributed by atoms with E-state index in [2.05, 4.69) is 0 Å². The Labute approximate surface area is 143 Å². The summed E-state index contributed by atoms with van der Waals surface area (Å²) in [5.74, 6) is 0.593. The maximum absolute atomic E-state index is 12.0. The molecule has 0 aliphatic rings. The fourth-order valence-corrected chi connectivity index (χ4v) is 2.66. The topological polar surface area (TPSA) is 52.6 Å². The van der Waals surface area contributed by atoms with E-state index in [1.54, 1.807) is 41.8 Å². The Hall–Kier alpha value is -2.92. The molecule has 0 amide bonds. The minimum Gasteiger partial charge on any atom is -0.457 e. The van der Waals surface area contributed by atoms with Crippen molar-refractivity contribution >= 4 is 23.1 Å². The van der Waals surface area contributed by atoms with Crippen LogP contribution in [-0.2, 0) is 4.74 Å². The summed E-state index contributed by atoms with van der Waals surface area (Å²) in [6.45, 7) is -0.262. The Morgan fingerprint density at radius 2 is 1.54 bits per heavy atom. The molecule has 1 heterocycles. The molecule has 0 aliphatic heterocycles. The van der Waals surface area contributed by atoms with Gasteiger partial charge in [-0.05, 0) is 47.8 Å². The number of hydrogen-bond acceptors (Lipinski definition) is 5. The molecule has 0 N–H and O–H groups in total. The van der Waals surface area contributed by atoms with Gasteiger partial charge in [0.2, 0.25) is 5.78 Å². The smallest absolute Gasteiger partial charge is 0.338 e. The van der Waals surface area contributed by atoms with E-state index < -0.39 is 5.97 Å². The van der Waals surface area contributed by atoms with Gasteiger partial charge in [-0.2, -0.15) is 0 Å². The van der Waals surface area contributed by atoms with Crippen molar-refractivity contribution in [3.8, 4) is 11.5 Å². The molecule has 120 valence electrons. The van der Waals surface area contributed by atoms with E-state index in [1.807, 2.05) is 30.3 Å². The third-order valence-electron chi connectivity index (χ3n) is 3.20. The Morgan fingerprint density at radius 3 is 2.21 bits per heavy atom. The van der Waals surface area contributed by atoms with Gasteiger partial charge in [0, 0.05) is 0 Å². The predicted octanol–water partition coefficient (Wildman–Crippen LogP) is 4.58. The average molecular weight is 338 g/mol. The summed E-state index contributed by atoms with van der Waals surface area (Å²) in [7, 11) is 0. The number of hydrogen-bond donors (Lipinski definition) is 0. The highest BCUT2D eigenvalue weighted by Gasteiger charge is 2.12. The lowest BCUT2D eigenvalue weighted by molar-refractivity contribution is 0.0476. The number of rotatable bonds is 6. The van der Waals surface area contributed by atoms with E-state index in [0.29, 0.717) is 16.2 Å². The fourth-order valence-electron chi connectivity index (χ4n) is 2.01. The monoisotopic (exact) mass is 338 g/mol. The first-order valence-corrected chi connectivity index (χ1v) is 8.17. The van der Waals surface area contributed by atoms with E-state index in [1.165, 1.54) is 11.3 Å². The van der Waals surface area contributed by atoms with Crippen molar-refractivity contribution in [3.05, 3.63) is 82.6 Å². The molecule has 24 heavy (non-hydrogen) atoms. The van der Waals surface area contributed by atoms with Gasteiger partial charge in [-0.15, -0.1) is 11.3 Å². The van der Waals surface area contributed by atoms with Crippen molar-refractivity contribution in [1.29, 1.82) is 0 Å². The lowest BCUT2D eigenvalue weighted by Gasteiger charge is -2.07. The lowest BCUT2D eigenvalue weighted by atomic mass is 10.2. The molecule has 0 fully saturated rings. The molecular formula is C19H14O4S. The van der Waals surface area contributed by atoms with E-state index in [-0.39, 0.29) is 12.4 Å². The van der Waals surface area contributed by atoms with Crippen LogP contribution in [0.15, 0.2) is 72.1 Å². The zero-order valence-corrected chi connectivity index (χ0v) is 13.5. The highest BCUT2D eigenvalue weighted by Crippen LogP contribution is 2.21. The third-order valence-corrected chi connectivity index (χ3v) is 4.11. The number of carbonyl (C=O) groups is 2. The molecule has 0 atom stereocenters. The Kier molecular flexibility index (Phi) is 5.03. The van der Waals surface area contributed by atoms with E-state index in [4.69, 9.17) is 9.47 Å². The zero-order valence-electron chi connectivity index (χ0n) is 12.7. The largest absolute Gasteiger partial charge is 0.457 e. The van der Waals surface area contributed by atoms with Crippen molar-refractivity contribution < 1.29 is 19.1 Å². The van der Waals surface area contributed by atoms with Crippen molar-refractivity contribution in [1.82, 2.24) is 0 Å². The van der Waals surface area contributed by atoms with Crippen LogP contribution in [0.25, 0.3) is 0 Å². The molecule has 3 rings (SSSR count). The van der Waals surface area contributed by atoms with Crippen LogP contribution in [0.1, 0.15) is 20.0 Å². The summed E-state index contributed by atoms with van der Waals surface area (Å²) in [5, 5.41) is 1.81. The molecule has 0 saturated heterocycles. The Morgan fingerprint density at radius 1 is 0.833 bits per heavy atom. The first-order chi connectivity index (χ1) is 11.7. The number of Topliss-reactive ketones (excluding diaryl/α,β-unsaturated/α-hetero) is 1. The summed E-state index contributed by atoms with van der Waals surface area (Å²) in [4.78, 5) is 24.4. The zero-order chi connectivity index (χ0) is 16.8. The molecule has 0 spiro atoms. The van der Waals surface area contributed by atoms with Crippen molar-refractivity contribution in [2.24, 2.45) is 0 Å². The van der Waals surface area contributed by atoms with Gasteiger partial charge < -0.3 is 9.47 Å². The number of carbonyl (C=O) groups excluding carboxylic acids is 2. The number of para-hydroxylation sites is 1. The van der Waals surface area contributed by atoms with Crippen LogP contribution in [-0.4, -0.2) is 18.4 Å². The molecule has 5 heteroatoms. The maximum Gasteiger partial charge on any atom is 0.338 e. The van der Waals surface area contributed by atoms with Crippen LogP contribution >= 0.6 is 11.3 Å². The summed E-state index contributed by atoms with van der Waals surface area (Å²) in [5.41, 5.74) is 0.370. The molecule has 4 nitrogen and oxygen atoms in total. The molecule has 0 saturated carbocycles. The van der Waals surface area contributed by atoms with Gasteiger partial charge in [0.15, 0.2) is 6.61 Å². The van der Waals surface area contributed by atoms with Crippen LogP contribution in [0.5, 0.6) is 11.5 Å². The quantitative estimate of drug-likeness (QED) is 0.488. The summed E-state index contributed by atoms with van der Waals surface area (Å²) in [6.07, 6.45) is 0. The first-order valence-electron chi connectivity index (χ1n) is 7.29. The van der Waals surface area contributed by atoms with Gasteiger partial charge in [0.25, 0.3) is 0 Å². The highest BCUT2D eigenvalue weighted by molar-refractivity contribution is 7.12. The van der Waals surface area contributed by atoms with Gasteiger partial charge >= 0.3 is 5.97 Å². The van der Waals surface area contributed by atoms with Gasteiger partial charge in [-0.25, -0.2) is 4.79 Å². The molecule has 3 aromatic rings. The van der Waals surface area contributed by atoms with Gasteiger partial charge in [-0.3, -0.25) is 4.79 Å². The standard InChI is InChI=1S/C19H14O4S/c20-17(18-7-4-12-24-18)13-22-19(21)14-8-10-16(11-9-14)23-15-5-2-1-3-6-15/h1-12H,13H2. The van der Waals surface area contributed by atoms with Crippen molar-refractivity contribution in [2.45, 2.75) is 0 Å². The van der Waals surface area contributed by atoms with Crippen LogP contribution < -0.4 is 4.74 Å². The van der Waals surface area contributed by atoms with E-state index in [0.717, 1.165) is 5.75 Å².